The average molecular weight is 148 g/mol. The predicted molar refractivity (Wildman–Crippen MR) is 37.7 cm³/mol. The van der Waals surface area contributed by atoms with Crippen molar-refractivity contribution in [1.29, 1.82) is 0 Å². The van der Waals surface area contributed by atoms with Crippen LogP contribution >= 0.6 is 8.69 Å². The average Bonchev–Trinajstić information content (AvgIpc) is 1.88. The maximum atomic E-state index is 9.92. The number of rotatable bonds is 5. The minimum atomic E-state index is -0.185. The minimum absolute atomic E-state index is 0.185. The van der Waals surface area contributed by atoms with Crippen LogP contribution in [0.15, 0.2) is 0 Å². The Morgan fingerprint density at radius 1 is 1.56 bits per heavy atom. The molecule has 54 valence electrons. The van der Waals surface area contributed by atoms with Gasteiger partial charge in [-0.1, -0.05) is 20.3 Å². The molecule has 0 aliphatic heterocycles. The van der Waals surface area contributed by atoms with Gasteiger partial charge in [-0.25, -0.2) is 4.57 Å². The van der Waals surface area contributed by atoms with Gasteiger partial charge in [-0.3, -0.25) is 4.52 Å². The van der Waals surface area contributed by atoms with E-state index in [4.69, 9.17) is 4.52 Å². The Kier molecular flexibility index (Phi) is 6.23. The Morgan fingerprint density at radius 2 is 2.22 bits per heavy atom. The first-order valence-electron chi connectivity index (χ1n) is 3.33. The monoisotopic (exact) mass is 148 g/mol. The van der Waals surface area contributed by atoms with E-state index in [1.807, 2.05) is 6.92 Å². The third-order valence-electron chi connectivity index (χ3n) is 1.26. The van der Waals surface area contributed by atoms with Gasteiger partial charge in [0.2, 0.25) is 0 Å². The summed E-state index contributed by atoms with van der Waals surface area (Å²) in [6.07, 6.45) is 3.23. The fraction of sp³-hybridized carbons (Fsp3) is 1.00. The lowest BCUT2D eigenvalue weighted by molar-refractivity contribution is 0.206. The molecule has 0 bridgehead atoms. The van der Waals surface area contributed by atoms with Crippen LogP contribution in [-0.4, -0.2) is 6.10 Å². The molecular weight excluding hydrogens is 135 g/mol. The van der Waals surface area contributed by atoms with Crippen LogP contribution in [0.25, 0.3) is 0 Å². The summed E-state index contributed by atoms with van der Waals surface area (Å²) in [7, 11) is -0.185. The Morgan fingerprint density at radius 3 is 2.56 bits per heavy atom. The van der Waals surface area contributed by atoms with E-state index in [2.05, 4.69) is 6.92 Å². The molecule has 0 aromatic heterocycles. The lowest BCUT2D eigenvalue weighted by Gasteiger charge is -2.07. The molecule has 0 aromatic rings. The second kappa shape index (κ2) is 6.18. The highest BCUT2D eigenvalue weighted by Gasteiger charge is 2.03. The molecule has 0 fully saturated rings. The molecule has 9 heavy (non-hydrogen) atoms. The molecule has 0 aromatic carbocycles. The van der Waals surface area contributed by atoms with Crippen molar-refractivity contribution in [3.8, 4) is 0 Å². The van der Waals surface area contributed by atoms with Gasteiger partial charge in [-0.05, 0) is 12.8 Å². The van der Waals surface area contributed by atoms with Gasteiger partial charge in [0.25, 0.3) is 0 Å². The maximum absolute atomic E-state index is 9.92. The molecule has 2 nitrogen and oxygen atoms in total. The van der Waals surface area contributed by atoms with Gasteiger partial charge < -0.3 is 0 Å². The summed E-state index contributed by atoms with van der Waals surface area (Å²) < 4.78 is 14.8. The largest absolute Gasteiger partial charge is 0.327 e. The van der Waals surface area contributed by atoms with Crippen molar-refractivity contribution in [2.75, 3.05) is 0 Å². The second-order valence-electron chi connectivity index (χ2n) is 2.00. The van der Waals surface area contributed by atoms with Gasteiger partial charge in [0.15, 0.2) is 0 Å². The first-order valence-corrected chi connectivity index (χ1v) is 4.06. The molecule has 0 radical (unpaired) electrons. The van der Waals surface area contributed by atoms with E-state index in [9.17, 15) is 4.57 Å². The molecule has 1 unspecified atom stereocenters. The van der Waals surface area contributed by atoms with Gasteiger partial charge in [-0.2, -0.15) is 0 Å². The van der Waals surface area contributed by atoms with Crippen LogP contribution in [0.5, 0.6) is 0 Å². The highest BCUT2D eigenvalue weighted by atomic mass is 31.1. The normalized spacial score (nSPS) is 14.0. The topological polar surface area (TPSA) is 26.3 Å². The van der Waals surface area contributed by atoms with E-state index < -0.39 is 0 Å². The third-order valence-corrected chi connectivity index (χ3v) is 1.64. The third kappa shape index (κ3) is 4.56. The molecule has 0 heterocycles. The van der Waals surface area contributed by atoms with Crippen LogP contribution in [0.4, 0.5) is 0 Å². The molecule has 0 N–H and O–H groups in total. The molecule has 3 heteroatoms. The van der Waals surface area contributed by atoms with Crippen molar-refractivity contribution in [3.05, 3.63) is 0 Å². The minimum Gasteiger partial charge on any atom is -0.291 e. The zero-order chi connectivity index (χ0) is 7.11. The zero-order valence-electron chi connectivity index (χ0n) is 5.96. The van der Waals surface area contributed by atoms with E-state index in [-0.39, 0.29) is 14.8 Å². The fourth-order valence-corrected chi connectivity index (χ4v) is 1.09. The van der Waals surface area contributed by atoms with Crippen LogP contribution in [-0.2, 0) is 9.09 Å². The van der Waals surface area contributed by atoms with Crippen molar-refractivity contribution in [2.45, 2.75) is 39.2 Å². The number of hydrogen-bond donors (Lipinski definition) is 0. The van der Waals surface area contributed by atoms with Crippen LogP contribution in [0.2, 0.25) is 0 Å². The van der Waals surface area contributed by atoms with Crippen LogP contribution in [0, 0.1) is 0 Å². The van der Waals surface area contributed by atoms with Crippen molar-refractivity contribution >= 4 is 8.69 Å². The summed E-state index contributed by atoms with van der Waals surface area (Å²) in [5, 5.41) is 0. The molecule has 1 atom stereocenters. The van der Waals surface area contributed by atoms with E-state index in [1.54, 1.807) is 0 Å². The highest BCUT2D eigenvalue weighted by molar-refractivity contribution is 7.17. The summed E-state index contributed by atoms with van der Waals surface area (Å²) in [6.45, 7) is 4.12. The smallest absolute Gasteiger partial charge is 0.291 e. The Labute approximate surface area is 57.9 Å². The summed E-state index contributed by atoms with van der Waals surface area (Å²) in [4.78, 5) is 0. The SMILES string of the molecule is CCCC(CC)OP=O. The van der Waals surface area contributed by atoms with Crippen LogP contribution in [0.1, 0.15) is 33.1 Å². The summed E-state index contributed by atoms with van der Waals surface area (Å²) in [6, 6.07) is 0. The lowest BCUT2D eigenvalue weighted by Crippen LogP contribution is -2.04. The first kappa shape index (κ1) is 9.06. The maximum Gasteiger partial charge on any atom is 0.327 e. The zero-order valence-corrected chi connectivity index (χ0v) is 6.86. The summed E-state index contributed by atoms with van der Waals surface area (Å²) >= 11 is 0. The summed E-state index contributed by atoms with van der Waals surface area (Å²) in [5.41, 5.74) is 0. The number of hydrogen-bond acceptors (Lipinski definition) is 2. The molecular formula is C6H13O2P. The molecule has 0 rings (SSSR count). The molecule has 0 aliphatic rings. The van der Waals surface area contributed by atoms with Gasteiger partial charge in [0.1, 0.15) is 0 Å². The van der Waals surface area contributed by atoms with Crippen molar-refractivity contribution in [3.63, 3.8) is 0 Å². The van der Waals surface area contributed by atoms with E-state index in [1.165, 1.54) is 0 Å². The van der Waals surface area contributed by atoms with E-state index in [0.717, 1.165) is 19.3 Å². The van der Waals surface area contributed by atoms with Crippen molar-refractivity contribution in [1.82, 2.24) is 0 Å². The molecule has 0 aliphatic carbocycles. The van der Waals surface area contributed by atoms with Crippen molar-refractivity contribution < 1.29 is 9.09 Å². The Balaban J connectivity index is 3.28. The Bertz CT molecular complexity index is 75.5. The van der Waals surface area contributed by atoms with Crippen molar-refractivity contribution in [2.24, 2.45) is 0 Å². The predicted octanol–water partition coefficient (Wildman–Crippen LogP) is 2.79. The molecule has 0 saturated carbocycles. The van der Waals surface area contributed by atoms with Gasteiger partial charge >= 0.3 is 8.69 Å². The summed E-state index contributed by atoms with van der Waals surface area (Å²) in [5.74, 6) is 0. The van der Waals surface area contributed by atoms with Crippen LogP contribution in [0.3, 0.4) is 0 Å². The molecule has 0 saturated heterocycles. The van der Waals surface area contributed by atoms with Gasteiger partial charge in [0.05, 0.1) is 6.10 Å². The first-order chi connectivity index (χ1) is 4.35. The van der Waals surface area contributed by atoms with E-state index in [0.29, 0.717) is 0 Å². The standard InChI is InChI=1S/C6H13O2P/c1-3-5-6(4-2)8-9-7/h6H,3-5H2,1-2H3. The van der Waals surface area contributed by atoms with E-state index >= 15 is 0 Å². The van der Waals surface area contributed by atoms with Gasteiger partial charge in [-0.15, -0.1) is 0 Å². The van der Waals surface area contributed by atoms with Crippen LogP contribution < -0.4 is 0 Å². The molecule has 0 amide bonds. The lowest BCUT2D eigenvalue weighted by atomic mass is 10.2. The Hall–Kier alpha value is 0.0600. The fourth-order valence-electron chi connectivity index (χ4n) is 0.714. The quantitative estimate of drug-likeness (QED) is 0.560. The highest BCUT2D eigenvalue weighted by Crippen LogP contribution is 2.11. The second-order valence-corrected chi connectivity index (χ2v) is 2.36. The van der Waals surface area contributed by atoms with Gasteiger partial charge in [0, 0.05) is 0 Å². The molecule has 0 spiro atoms.